The number of hydrogen-bond acceptors (Lipinski definition) is 4. The van der Waals surface area contributed by atoms with Crippen LogP contribution in [-0.4, -0.2) is 19.9 Å². The van der Waals surface area contributed by atoms with Gasteiger partial charge in [0.05, 0.1) is 11.3 Å². The van der Waals surface area contributed by atoms with Crippen LogP contribution < -0.4 is 0 Å². The van der Waals surface area contributed by atoms with Crippen LogP contribution in [0.1, 0.15) is 50.7 Å². The molecular weight excluding hydrogens is 439 g/mol. The molecule has 0 fully saturated rings. The van der Waals surface area contributed by atoms with Crippen LogP contribution in [0, 0.1) is 5.82 Å². The fourth-order valence-electron chi connectivity index (χ4n) is 4.37. The van der Waals surface area contributed by atoms with Crippen LogP contribution in [0.4, 0.5) is 4.39 Å². The third kappa shape index (κ3) is 4.16. The molecule has 0 aliphatic heterocycles. The van der Waals surface area contributed by atoms with Crippen molar-refractivity contribution in [2.45, 2.75) is 39.5 Å². The van der Waals surface area contributed by atoms with Crippen molar-refractivity contribution in [1.82, 2.24) is 19.9 Å². The number of rotatable bonds is 6. The van der Waals surface area contributed by atoms with E-state index in [4.69, 9.17) is 4.52 Å². The smallest absolute Gasteiger partial charge is 0.191 e. The highest BCUT2D eigenvalue weighted by Crippen LogP contribution is 2.37. The predicted molar refractivity (Wildman–Crippen MR) is 136 cm³/mol. The van der Waals surface area contributed by atoms with E-state index < -0.39 is 0 Å². The van der Waals surface area contributed by atoms with E-state index in [-0.39, 0.29) is 17.7 Å². The minimum Gasteiger partial charge on any atom is -0.355 e. The summed E-state index contributed by atoms with van der Waals surface area (Å²) >= 11 is 0. The van der Waals surface area contributed by atoms with Gasteiger partial charge in [-0.25, -0.2) is 4.39 Å². The second kappa shape index (κ2) is 9.29. The predicted octanol–water partition coefficient (Wildman–Crippen LogP) is 7.64. The van der Waals surface area contributed by atoms with Gasteiger partial charge >= 0.3 is 0 Å². The fraction of sp³-hybridized carbons (Fsp3) is 0.207. The van der Waals surface area contributed by atoms with Crippen molar-refractivity contribution in [3.8, 4) is 39.9 Å². The van der Waals surface area contributed by atoms with Crippen molar-refractivity contribution in [2.75, 3.05) is 0 Å². The van der Waals surface area contributed by atoms with Crippen molar-refractivity contribution in [2.24, 2.45) is 0 Å². The maximum absolute atomic E-state index is 14.4. The van der Waals surface area contributed by atoms with Crippen molar-refractivity contribution in [1.29, 1.82) is 0 Å². The van der Waals surface area contributed by atoms with E-state index in [1.165, 1.54) is 17.2 Å². The maximum Gasteiger partial charge on any atom is 0.191 e. The molecule has 5 aromatic rings. The Morgan fingerprint density at radius 3 is 2.03 bits per heavy atom. The van der Waals surface area contributed by atoms with E-state index in [0.29, 0.717) is 28.7 Å². The first-order valence-electron chi connectivity index (χ1n) is 11.8. The van der Waals surface area contributed by atoms with Gasteiger partial charge in [0, 0.05) is 11.6 Å². The first kappa shape index (κ1) is 22.7. The lowest BCUT2D eigenvalue weighted by Gasteiger charge is -2.22. The largest absolute Gasteiger partial charge is 0.355 e. The van der Waals surface area contributed by atoms with E-state index in [1.807, 2.05) is 30.3 Å². The minimum absolute atomic E-state index is 0.272. The Bertz CT molecular complexity index is 1440. The van der Waals surface area contributed by atoms with Crippen molar-refractivity contribution in [3.63, 3.8) is 0 Å². The molecule has 0 N–H and O–H groups in total. The van der Waals surface area contributed by atoms with Gasteiger partial charge < -0.3 is 4.52 Å². The Morgan fingerprint density at radius 2 is 1.37 bits per heavy atom. The Morgan fingerprint density at radius 1 is 0.743 bits per heavy atom. The molecule has 0 saturated carbocycles. The molecule has 0 spiro atoms. The molecule has 5 nitrogen and oxygen atoms in total. The molecule has 0 bridgehead atoms. The van der Waals surface area contributed by atoms with Crippen LogP contribution in [0.3, 0.4) is 0 Å². The third-order valence-corrected chi connectivity index (χ3v) is 6.14. The molecule has 0 radical (unpaired) electrons. The monoisotopic (exact) mass is 466 g/mol. The topological polar surface area (TPSA) is 56.7 Å². The van der Waals surface area contributed by atoms with Gasteiger partial charge in [-0.05, 0) is 35.1 Å². The average molecular weight is 467 g/mol. The van der Waals surface area contributed by atoms with E-state index in [2.05, 4.69) is 65.8 Å². The van der Waals surface area contributed by atoms with Gasteiger partial charge in [0.15, 0.2) is 23.1 Å². The molecule has 0 atom stereocenters. The number of benzene rings is 3. The van der Waals surface area contributed by atoms with Crippen LogP contribution in [0.5, 0.6) is 0 Å². The summed E-state index contributed by atoms with van der Waals surface area (Å²) in [6.45, 7) is 8.73. The molecule has 2 aromatic heterocycles. The van der Waals surface area contributed by atoms with Gasteiger partial charge in [-0.1, -0.05) is 93.5 Å². The van der Waals surface area contributed by atoms with Gasteiger partial charge in [-0.15, -0.1) is 10.2 Å². The average Bonchev–Trinajstić information content (AvgIpc) is 3.51. The second-order valence-electron chi connectivity index (χ2n) is 9.20. The molecule has 35 heavy (non-hydrogen) atoms. The van der Waals surface area contributed by atoms with E-state index in [1.54, 1.807) is 24.3 Å². The summed E-state index contributed by atoms with van der Waals surface area (Å²) in [5.41, 5.74) is 5.21. The zero-order valence-electron chi connectivity index (χ0n) is 20.2. The maximum atomic E-state index is 14.4. The highest BCUT2D eigenvalue weighted by Gasteiger charge is 2.25. The van der Waals surface area contributed by atoms with Gasteiger partial charge in [0.2, 0.25) is 0 Å². The van der Waals surface area contributed by atoms with Gasteiger partial charge in [-0.2, -0.15) is 0 Å². The number of nitrogens with zero attached hydrogens (tertiary/aromatic N) is 4. The standard InChI is InChI=1S/C29H27FN4O/c1-18(2)21-14-10-15-22(19(3)4)27(21)34-28(20-11-6-5-7-12-20)31-32-29(34)25-17-26(35-33-25)23-13-8-9-16-24(23)30/h5-19H,1-4H3. The van der Waals surface area contributed by atoms with Crippen LogP contribution in [0.25, 0.3) is 39.9 Å². The number of halogens is 1. The van der Waals surface area contributed by atoms with Crippen LogP contribution in [0.2, 0.25) is 0 Å². The summed E-state index contributed by atoms with van der Waals surface area (Å²) in [7, 11) is 0. The van der Waals surface area contributed by atoms with Gasteiger partial charge in [-0.3, -0.25) is 4.57 Å². The quantitative estimate of drug-likeness (QED) is 0.258. The van der Waals surface area contributed by atoms with Crippen molar-refractivity contribution in [3.05, 3.63) is 95.8 Å². The fourth-order valence-corrected chi connectivity index (χ4v) is 4.37. The summed E-state index contributed by atoms with van der Waals surface area (Å²) < 4.78 is 22.1. The van der Waals surface area contributed by atoms with E-state index in [0.717, 1.165) is 11.3 Å². The van der Waals surface area contributed by atoms with Gasteiger partial charge in [0.1, 0.15) is 5.82 Å². The SMILES string of the molecule is CC(C)c1cccc(C(C)C)c1-n1c(-c2ccccc2)nnc1-c1cc(-c2ccccc2F)on1. The molecule has 0 saturated heterocycles. The van der Waals surface area contributed by atoms with E-state index in [9.17, 15) is 4.39 Å². The molecule has 0 aliphatic carbocycles. The lowest BCUT2D eigenvalue weighted by molar-refractivity contribution is 0.431. The summed E-state index contributed by atoms with van der Waals surface area (Å²) in [5.74, 6) is 1.78. The molecule has 2 heterocycles. The van der Waals surface area contributed by atoms with E-state index >= 15 is 0 Å². The Labute approximate surface area is 204 Å². The first-order chi connectivity index (χ1) is 17.0. The lowest BCUT2D eigenvalue weighted by Crippen LogP contribution is -2.10. The summed E-state index contributed by atoms with van der Waals surface area (Å²) in [6, 6.07) is 24.6. The molecule has 176 valence electrons. The molecular formula is C29H27FN4O. The van der Waals surface area contributed by atoms with Crippen LogP contribution in [0.15, 0.2) is 83.4 Å². The molecule has 0 unspecified atom stereocenters. The Balaban J connectivity index is 1.78. The number of hydrogen-bond donors (Lipinski definition) is 0. The van der Waals surface area contributed by atoms with Crippen LogP contribution >= 0.6 is 0 Å². The summed E-state index contributed by atoms with van der Waals surface area (Å²) in [4.78, 5) is 0. The Hall–Kier alpha value is -4.06. The zero-order chi connectivity index (χ0) is 24.5. The summed E-state index contributed by atoms with van der Waals surface area (Å²) in [5, 5.41) is 13.4. The third-order valence-electron chi connectivity index (χ3n) is 6.14. The summed E-state index contributed by atoms with van der Waals surface area (Å²) in [6.07, 6.45) is 0. The zero-order valence-corrected chi connectivity index (χ0v) is 20.2. The number of para-hydroxylation sites is 1. The number of aromatic nitrogens is 4. The first-order valence-corrected chi connectivity index (χ1v) is 11.8. The molecule has 0 amide bonds. The molecule has 0 aliphatic rings. The van der Waals surface area contributed by atoms with Gasteiger partial charge in [0.25, 0.3) is 0 Å². The normalized spacial score (nSPS) is 11.5. The lowest BCUT2D eigenvalue weighted by atomic mass is 9.92. The minimum atomic E-state index is -0.367. The van der Waals surface area contributed by atoms with Crippen LogP contribution in [-0.2, 0) is 0 Å². The molecule has 3 aromatic carbocycles. The van der Waals surface area contributed by atoms with Crippen molar-refractivity contribution >= 4 is 0 Å². The molecule has 6 heteroatoms. The Kier molecular flexibility index (Phi) is 6.03. The highest BCUT2D eigenvalue weighted by molar-refractivity contribution is 5.70. The second-order valence-corrected chi connectivity index (χ2v) is 9.20. The molecule has 5 rings (SSSR count). The van der Waals surface area contributed by atoms with Crippen molar-refractivity contribution < 1.29 is 8.91 Å². The highest BCUT2D eigenvalue weighted by atomic mass is 19.1.